The van der Waals surface area contributed by atoms with Gasteiger partial charge in [-0.25, -0.2) is 9.67 Å². The first-order valence-electron chi connectivity index (χ1n) is 6.60. The molecule has 3 heterocycles. The van der Waals surface area contributed by atoms with Gasteiger partial charge >= 0.3 is 0 Å². The number of hydrogen-bond acceptors (Lipinski definition) is 5. The summed E-state index contributed by atoms with van der Waals surface area (Å²) < 4.78 is 3.05. The molecule has 0 aliphatic carbocycles. The van der Waals surface area contributed by atoms with Crippen LogP contribution in [0, 0.1) is 6.92 Å². The Hall–Kier alpha value is -2.54. The molecule has 3 aromatic rings. The van der Waals surface area contributed by atoms with Gasteiger partial charge in [0.2, 0.25) is 0 Å². The van der Waals surface area contributed by atoms with Crippen LogP contribution in [0.2, 0.25) is 0 Å². The molecule has 21 heavy (non-hydrogen) atoms. The highest BCUT2D eigenvalue weighted by Gasteiger charge is 2.08. The molecule has 0 radical (unpaired) electrons. The fraction of sp³-hybridized carbons (Fsp3) is 0.286. The molecule has 3 aromatic heterocycles. The van der Waals surface area contributed by atoms with Crippen molar-refractivity contribution in [2.24, 2.45) is 0 Å². The average molecular weight is 285 g/mol. The highest BCUT2D eigenvalue weighted by molar-refractivity contribution is 5.41. The molecule has 0 bridgehead atoms. The van der Waals surface area contributed by atoms with Gasteiger partial charge in [0.15, 0.2) is 0 Å². The molecule has 0 fully saturated rings. The summed E-state index contributed by atoms with van der Waals surface area (Å²) in [6.45, 7) is 3.91. The Morgan fingerprint density at radius 3 is 2.90 bits per heavy atom. The highest BCUT2D eigenvalue weighted by Crippen LogP contribution is 2.08. The third-order valence-electron chi connectivity index (χ3n) is 3.18. The topological polar surface area (TPSA) is 85.3 Å². The molecular weight excluding hydrogens is 270 g/mol. The first-order chi connectivity index (χ1) is 10.0. The molecule has 108 valence electrons. The van der Waals surface area contributed by atoms with Gasteiger partial charge in [-0.1, -0.05) is 5.21 Å². The molecule has 0 aliphatic heterocycles. The number of pyridine rings is 1. The first kappa shape index (κ1) is 13.4. The van der Waals surface area contributed by atoms with Gasteiger partial charge in [-0.05, 0) is 31.5 Å². The van der Waals surface area contributed by atoms with Gasteiger partial charge in [0, 0.05) is 12.3 Å². The Labute approximate surface area is 120 Å². The fourth-order valence-electron chi connectivity index (χ4n) is 2.08. The van der Waals surface area contributed by atoms with Crippen molar-refractivity contribution in [1.82, 2.24) is 24.4 Å². The Bertz CT molecular complexity index is 850. The summed E-state index contributed by atoms with van der Waals surface area (Å²) in [5.74, 6) is 0. The highest BCUT2D eigenvalue weighted by atomic mass is 16.3. The van der Waals surface area contributed by atoms with E-state index in [1.54, 1.807) is 24.0 Å². The van der Waals surface area contributed by atoms with E-state index >= 15 is 0 Å². The number of rotatable bonds is 3. The van der Waals surface area contributed by atoms with Crippen molar-refractivity contribution < 1.29 is 5.11 Å². The summed E-state index contributed by atoms with van der Waals surface area (Å²) in [7, 11) is 0. The van der Waals surface area contributed by atoms with Crippen LogP contribution in [0.25, 0.3) is 5.65 Å². The number of fused-ring (bicyclic) bond motifs is 1. The van der Waals surface area contributed by atoms with Crippen LogP contribution in [0.15, 0.2) is 35.4 Å². The third kappa shape index (κ3) is 2.68. The Morgan fingerprint density at radius 2 is 2.19 bits per heavy atom. The molecule has 1 unspecified atom stereocenters. The lowest BCUT2D eigenvalue weighted by atomic mass is 10.3. The molecule has 7 heteroatoms. The predicted molar refractivity (Wildman–Crippen MR) is 76.0 cm³/mol. The van der Waals surface area contributed by atoms with Crippen LogP contribution in [-0.2, 0) is 6.54 Å². The molecule has 0 saturated carbocycles. The Morgan fingerprint density at radius 1 is 1.38 bits per heavy atom. The Kier molecular flexibility index (Phi) is 3.26. The molecular formula is C14H15N5O2. The summed E-state index contributed by atoms with van der Waals surface area (Å²) in [6, 6.07) is 5.20. The van der Waals surface area contributed by atoms with Crippen molar-refractivity contribution >= 4 is 5.65 Å². The van der Waals surface area contributed by atoms with Crippen LogP contribution < -0.4 is 5.56 Å². The second-order valence-electron chi connectivity index (χ2n) is 5.03. The maximum Gasteiger partial charge on any atom is 0.258 e. The molecule has 7 nitrogen and oxygen atoms in total. The van der Waals surface area contributed by atoms with Crippen molar-refractivity contribution in [3.05, 3.63) is 57.9 Å². The standard InChI is InChI=1S/C14H15N5O2/c1-9-3-4-19-13(5-9)15-11(6-14(19)21)7-18-8-12(10(2)20)16-17-18/h3-6,8,10,20H,7H2,1-2H3. The lowest BCUT2D eigenvalue weighted by Gasteiger charge is -2.04. The molecule has 0 amide bonds. The van der Waals surface area contributed by atoms with Crippen LogP contribution in [-0.4, -0.2) is 29.5 Å². The van der Waals surface area contributed by atoms with Crippen molar-refractivity contribution in [2.75, 3.05) is 0 Å². The minimum absolute atomic E-state index is 0.133. The average Bonchev–Trinajstić information content (AvgIpc) is 2.86. The fourth-order valence-corrected chi connectivity index (χ4v) is 2.08. The van der Waals surface area contributed by atoms with Gasteiger partial charge in [0.05, 0.1) is 24.5 Å². The quantitative estimate of drug-likeness (QED) is 0.765. The molecule has 0 aliphatic rings. The minimum Gasteiger partial charge on any atom is -0.387 e. The van der Waals surface area contributed by atoms with Crippen molar-refractivity contribution in [3.8, 4) is 0 Å². The zero-order chi connectivity index (χ0) is 15.0. The van der Waals surface area contributed by atoms with Crippen molar-refractivity contribution in [1.29, 1.82) is 0 Å². The van der Waals surface area contributed by atoms with E-state index in [0.29, 0.717) is 23.6 Å². The van der Waals surface area contributed by atoms with Crippen LogP contribution >= 0.6 is 0 Å². The van der Waals surface area contributed by atoms with Crippen molar-refractivity contribution in [3.63, 3.8) is 0 Å². The minimum atomic E-state index is -0.670. The number of aromatic nitrogens is 5. The summed E-state index contributed by atoms with van der Waals surface area (Å²) in [5.41, 5.74) is 2.60. The van der Waals surface area contributed by atoms with E-state index in [9.17, 15) is 9.90 Å². The van der Waals surface area contributed by atoms with Crippen LogP contribution in [0.1, 0.15) is 30.0 Å². The van der Waals surface area contributed by atoms with E-state index in [0.717, 1.165) is 5.56 Å². The van der Waals surface area contributed by atoms with E-state index in [4.69, 9.17) is 0 Å². The van der Waals surface area contributed by atoms with Gasteiger partial charge in [-0.3, -0.25) is 9.20 Å². The third-order valence-corrected chi connectivity index (χ3v) is 3.18. The summed E-state index contributed by atoms with van der Waals surface area (Å²) in [6.07, 6.45) is 2.69. The number of aliphatic hydroxyl groups is 1. The van der Waals surface area contributed by atoms with E-state index < -0.39 is 6.10 Å². The Balaban J connectivity index is 1.98. The smallest absolute Gasteiger partial charge is 0.258 e. The SMILES string of the molecule is Cc1ccn2c(=O)cc(Cn3cc(C(C)O)nn3)nc2c1. The molecule has 1 atom stereocenters. The van der Waals surface area contributed by atoms with Gasteiger partial charge in [0.1, 0.15) is 11.3 Å². The normalized spacial score (nSPS) is 12.7. The van der Waals surface area contributed by atoms with E-state index in [1.807, 2.05) is 19.1 Å². The van der Waals surface area contributed by atoms with E-state index in [1.165, 1.54) is 10.5 Å². The molecule has 3 rings (SSSR count). The molecule has 0 saturated heterocycles. The number of hydrogen-bond donors (Lipinski definition) is 1. The second kappa shape index (κ2) is 5.10. The molecule has 1 N–H and O–H groups in total. The molecule has 0 spiro atoms. The van der Waals surface area contributed by atoms with Crippen LogP contribution in [0.4, 0.5) is 0 Å². The predicted octanol–water partition coefficient (Wildman–Crippen LogP) is 0.696. The summed E-state index contributed by atoms with van der Waals surface area (Å²) in [4.78, 5) is 16.5. The van der Waals surface area contributed by atoms with Gasteiger partial charge in [-0.2, -0.15) is 0 Å². The second-order valence-corrected chi connectivity index (χ2v) is 5.03. The van der Waals surface area contributed by atoms with E-state index in [-0.39, 0.29) is 5.56 Å². The van der Waals surface area contributed by atoms with Gasteiger partial charge < -0.3 is 5.11 Å². The maximum absolute atomic E-state index is 12.1. The monoisotopic (exact) mass is 285 g/mol. The molecule has 0 aromatic carbocycles. The lowest BCUT2D eigenvalue weighted by Crippen LogP contribution is -2.17. The van der Waals surface area contributed by atoms with Gasteiger partial charge in [0.25, 0.3) is 5.56 Å². The van der Waals surface area contributed by atoms with Crippen LogP contribution in [0.5, 0.6) is 0 Å². The van der Waals surface area contributed by atoms with E-state index in [2.05, 4.69) is 15.3 Å². The largest absolute Gasteiger partial charge is 0.387 e. The number of aliphatic hydroxyl groups excluding tert-OH is 1. The summed E-state index contributed by atoms with van der Waals surface area (Å²) in [5, 5.41) is 17.2. The zero-order valence-corrected chi connectivity index (χ0v) is 11.8. The number of nitrogens with zero attached hydrogens (tertiary/aromatic N) is 5. The lowest BCUT2D eigenvalue weighted by molar-refractivity contribution is 0.194. The maximum atomic E-state index is 12.1. The van der Waals surface area contributed by atoms with Crippen molar-refractivity contribution in [2.45, 2.75) is 26.5 Å². The zero-order valence-electron chi connectivity index (χ0n) is 11.8. The summed E-state index contributed by atoms with van der Waals surface area (Å²) >= 11 is 0. The number of aryl methyl sites for hydroxylation is 1. The van der Waals surface area contributed by atoms with Crippen LogP contribution in [0.3, 0.4) is 0 Å². The first-order valence-corrected chi connectivity index (χ1v) is 6.60. The van der Waals surface area contributed by atoms with Gasteiger partial charge in [-0.15, -0.1) is 5.10 Å².